The fourth-order valence-electron chi connectivity index (χ4n) is 1.84. The molecule has 0 aliphatic heterocycles. The Morgan fingerprint density at radius 1 is 1.61 bits per heavy atom. The molecule has 0 bridgehead atoms. The van der Waals surface area contributed by atoms with Gasteiger partial charge in [0.1, 0.15) is 5.02 Å². The highest BCUT2D eigenvalue weighted by Crippen LogP contribution is 2.37. The summed E-state index contributed by atoms with van der Waals surface area (Å²) in [4.78, 5) is 22.0. The molecule has 1 aliphatic rings. The van der Waals surface area contributed by atoms with E-state index in [1.165, 1.54) is 18.2 Å². The van der Waals surface area contributed by atoms with Crippen LogP contribution in [0.15, 0.2) is 18.2 Å². The van der Waals surface area contributed by atoms with Crippen molar-refractivity contribution < 1.29 is 9.72 Å². The molecule has 0 radical (unpaired) electrons. The van der Waals surface area contributed by atoms with Crippen LogP contribution in [0.1, 0.15) is 23.7 Å². The molecular formula is C12H13ClN2O3. The van der Waals surface area contributed by atoms with E-state index in [-0.39, 0.29) is 22.2 Å². The summed E-state index contributed by atoms with van der Waals surface area (Å²) in [6.07, 6.45) is 1.11. The lowest BCUT2D eigenvalue weighted by Gasteiger charge is -2.06. The summed E-state index contributed by atoms with van der Waals surface area (Å²) in [7, 11) is 0. The van der Waals surface area contributed by atoms with E-state index in [0.29, 0.717) is 18.4 Å². The first-order chi connectivity index (χ1) is 8.50. The molecule has 0 spiro atoms. The smallest absolute Gasteiger partial charge is 0.288 e. The molecule has 1 fully saturated rings. The van der Waals surface area contributed by atoms with Crippen LogP contribution in [0.2, 0.25) is 5.02 Å². The Morgan fingerprint density at radius 3 is 2.83 bits per heavy atom. The van der Waals surface area contributed by atoms with Crippen LogP contribution >= 0.6 is 11.6 Å². The largest absolute Gasteiger partial charge is 0.352 e. The van der Waals surface area contributed by atoms with Crippen LogP contribution in [0.25, 0.3) is 0 Å². The first-order valence-corrected chi connectivity index (χ1v) is 6.09. The zero-order chi connectivity index (χ0) is 13.3. The Morgan fingerprint density at radius 2 is 2.28 bits per heavy atom. The number of rotatable bonds is 4. The Hall–Kier alpha value is -1.62. The van der Waals surface area contributed by atoms with E-state index in [9.17, 15) is 14.9 Å². The van der Waals surface area contributed by atoms with Crippen molar-refractivity contribution in [1.82, 2.24) is 5.32 Å². The van der Waals surface area contributed by atoms with Crippen molar-refractivity contribution in [3.63, 3.8) is 0 Å². The minimum Gasteiger partial charge on any atom is -0.352 e. The predicted octanol–water partition coefficient (Wildman–Crippen LogP) is 2.63. The lowest BCUT2D eigenvalue weighted by atomic mass is 10.2. The first-order valence-electron chi connectivity index (χ1n) is 5.71. The van der Waals surface area contributed by atoms with Crippen LogP contribution in [0.4, 0.5) is 5.69 Å². The molecule has 0 aromatic heterocycles. The lowest BCUT2D eigenvalue weighted by Crippen LogP contribution is -2.26. The predicted molar refractivity (Wildman–Crippen MR) is 67.7 cm³/mol. The molecule has 1 N–H and O–H groups in total. The number of nitro benzene ring substituents is 1. The second-order valence-corrected chi connectivity index (χ2v) is 4.96. The summed E-state index contributed by atoms with van der Waals surface area (Å²) in [6.45, 7) is 2.72. The van der Waals surface area contributed by atoms with Crippen LogP contribution < -0.4 is 5.32 Å². The van der Waals surface area contributed by atoms with Crippen LogP contribution in [0.5, 0.6) is 0 Å². The minimum atomic E-state index is -0.595. The Bertz CT molecular complexity index is 504. The van der Waals surface area contributed by atoms with Gasteiger partial charge in [-0.15, -0.1) is 0 Å². The monoisotopic (exact) mass is 268 g/mol. The first kappa shape index (κ1) is 12.8. The quantitative estimate of drug-likeness (QED) is 0.674. The van der Waals surface area contributed by atoms with Gasteiger partial charge in [0.2, 0.25) is 0 Å². The van der Waals surface area contributed by atoms with Crippen molar-refractivity contribution in [3.8, 4) is 0 Å². The fraction of sp³-hybridized carbons (Fsp3) is 0.417. The van der Waals surface area contributed by atoms with Gasteiger partial charge < -0.3 is 5.32 Å². The summed E-state index contributed by atoms with van der Waals surface area (Å²) >= 11 is 5.86. The number of halogens is 1. The highest BCUT2D eigenvalue weighted by Gasteiger charge is 2.32. The third-order valence-corrected chi connectivity index (χ3v) is 3.62. The summed E-state index contributed by atoms with van der Waals surface area (Å²) in [6, 6.07) is 4.22. The normalized spacial score (nSPS) is 21.4. The molecule has 0 heterocycles. The second-order valence-electron chi connectivity index (χ2n) is 4.58. The van der Waals surface area contributed by atoms with Gasteiger partial charge in [-0.05, 0) is 24.3 Å². The topological polar surface area (TPSA) is 72.2 Å². The van der Waals surface area contributed by atoms with Crippen LogP contribution in [-0.4, -0.2) is 17.4 Å². The molecule has 1 amide bonds. The summed E-state index contributed by atoms with van der Waals surface area (Å²) < 4.78 is 0. The zero-order valence-corrected chi connectivity index (χ0v) is 10.6. The molecule has 1 aromatic rings. The zero-order valence-electron chi connectivity index (χ0n) is 9.85. The highest BCUT2D eigenvalue weighted by molar-refractivity contribution is 6.35. The number of carbonyl (C=O) groups is 1. The SMILES string of the molecule is CC1CC1CNC(=O)c1cccc([N+](=O)[O-])c1Cl. The molecule has 18 heavy (non-hydrogen) atoms. The maximum atomic E-state index is 11.9. The van der Waals surface area contributed by atoms with Gasteiger partial charge in [0, 0.05) is 12.6 Å². The van der Waals surface area contributed by atoms with E-state index in [1.807, 2.05) is 0 Å². The number of carbonyl (C=O) groups excluding carboxylic acids is 1. The van der Waals surface area contributed by atoms with Gasteiger partial charge in [-0.3, -0.25) is 14.9 Å². The van der Waals surface area contributed by atoms with Crippen molar-refractivity contribution in [2.45, 2.75) is 13.3 Å². The van der Waals surface area contributed by atoms with Crippen molar-refractivity contribution in [2.24, 2.45) is 11.8 Å². The summed E-state index contributed by atoms with van der Waals surface area (Å²) in [5.74, 6) is 0.806. The van der Waals surface area contributed by atoms with Crippen molar-refractivity contribution in [3.05, 3.63) is 38.9 Å². The maximum absolute atomic E-state index is 11.9. The van der Waals surface area contributed by atoms with Gasteiger partial charge >= 0.3 is 0 Å². The van der Waals surface area contributed by atoms with Gasteiger partial charge in [0.05, 0.1) is 10.5 Å². The average Bonchev–Trinajstić information content (AvgIpc) is 3.02. The number of nitro groups is 1. The average molecular weight is 269 g/mol. The van der Waals surface area contributed by atoms with E-state index in [1.54, 1.807) is 0 Å². The fourth-order valence-corrected chi connectivity index (χ4v) is 2.12. The number of benzene rings is 1. The molecule has 0 saturated heterocycles. The van der Waals surface area contributed by atoms with Gasteiger partial charge in [-0.2, -0.15) is 0 Å². The minimum absolute atomic E-state index is 0.108. The number of hydrogen-bond acceptors (Lipinski definition) is 3. The molecule has 2 rings (SSSR count). The summed E-state index contributed by atoms with van der Waals surface area (Å²) in [5, 5.41) is 13.3. The van der Waals surface area contributed by atoms with Crippen LogP contribution in [0, 0.1) is 22.0 Å². The van der Waals surface area contributed by atoms with E-state index < -0.39 is 4.92 Å². The number of amides is 1. The molecule has 1 aliphatic carbocycles. The van der Waals surface area contributed by atoms with E-state index in [4.69, 9.17) is 11.6 Å². The summed E-state index contributed by atoms with van der Waals surface area (Å²) in [5.41, 5.74) is -0.0942. The lowest BCUT2D eigenvalue weighted by molar-refractivity contribution is -0.384. The van der Waals surface area contributed by atoms with Gasteiger partial charge in [-0.25, -0.2) is 0 Å². The highest BCUT2D eigenvalue weighted by atomic mass is 35.5. The molecule has 5 nitrogen and oxygen atoms in total. The second kappa shape index (κ2) is 4.94. The van der Waals surface area contributed by atoms with Crippen LogP contribution in [-0.2, 0) is 0 Å². The van der Waals surface area contributed by atoms with E-state index in [0.717, 1.165) is 6.42 Å². The number of nitrogens with zero attached hydrogens (tertiary/aromatic N) is 1. The third-order valence-electron chi connectivity index (χ3n) is 3.22. The number of hydrogen-bond donors (Lipinski definition) is 1. The molecule has 2 unspecified atom stereocenters. The Kier molecular flexibility index (Phi) is 3.52. The third kappa shape index (κ3) is 2.61. The molecule has 1 aromatic carbocycles. The molecule has 2 atom stereocenters. The number of nitrogens with one attached hydrogen (secondary N) is 1. The Balaban J connectivity index is 2.09. The Labute approximate surface area is 109 Å². The van der Waals surface area contributed by atoms with Crippen LogP contribution in [0.3, 0.4) is 0 Å². The van der Waals surface area contributed by atoms with E-state index >= 15 is 0 Å². The van der Waals surface area contributed by atoms with Gasteiger partial charge in [0.25, 0.3) is 11.6 Å². The molecular weight excluding hydrogens is 256 g/mol. The van der Waals surface area contributed by atoms with E-state index in [2.05, 4.69) is 12.2 Å². The van der Waals surface area contributed by atoms with Crippen molar-refractivity contribution in [1.29, 1.82) is 0 Å². The van der Waals surface area contributed by atoms with Gasteiger partial charge in [0.15, 0.2) is 0 Å². The van der Waals surface area contributed by atoms with Crippen molar-refractivity contribution >= 4 is 23.2 Å². The standard InChI is InChI=1S/C12H13ClN2O3/c1-7-5-8(7)6-14-12(16)9-3-2-4-10(11(9)13)15(17)18/h2-4,7-8H,5-6H2,1H3,(H,14,16). The molecule has 1 saturated carbocycles. The molecule has 96 valence electrons. The van der Waals surface area contributed by atoms with Crippen molar-refractivity contribution in [2.75, 3.05) is 6.54 Å². The van der Waals surface area contributed by atoms with Gasteiger partial charge in [-0.1, -0.05) is 24.6 Å². The molecule has 6 heteroatoms. The maximum Gasteiger partial charge on any atom is 0.288 e.